The minimum Gasteiger partial charge on any atom is -0.463 e. The summed E-state index contributed by atoms with van der Waals surface area (Å²) in [5.41, 5.74) is 1.81. The van der Waals surface area contributed by atoms with E-state index < -0.39 is 16.9 Å². The molecule has 0 amide bonds. The highest BCUT2D eigenvalue weighted by atomic mass is 32.1. The molecule has 1 aromatic heterocycles. The lowest BCUT2D eigenvalue weighted by Gasteiger charge is -2.21. The number of nitro benzene ring substituents is 1. The van der Waals surface area contributed by atoms with Crippen LogP contribution in [0.15, 0.2) is 81.7 Å². The van der Waals surface area contributed by atoms with E-state index in [4.69, 9.17) is 4.74 Å². The highest BCUT2D eigenvalue weighted by Crippen LogP contribution is 2.26. The van der Waals surface area contributed by atoms with Gasteiger partial charge in [-0.3, -0.25) is 19.5 Å². The van der Waals surface area contributed by atoms with Crippen molar-refractivity contribution in [2.24, 2.45) is 4.99 Å². The standard InChI is InChI=1S/C25H21N3O5S/c1-3-33-24(30)22-16(2)26-25-27(20(22)13-12-17-8-5-4-6-9-17)23(29)21(34-25)15-18-10-7-11-19(14-18)28(31)32/h4-15,20H,3H2,1-2H3/b13-12+,21-15-/t20-/m0/s1. The lowest BCUT2D eigenvalue weighted by molar-refractivity contribution is -0.384. The monoisotopic (exact) mass is 475 g/mol. The first-order valence-corrected chi connectivity index (χ1v) is 11.4. The first kappa shape index (κ1) is 23.1. The quantitative estimate of drug-likeness (QED) is 0.309. The molecule has 2 aromatic carbocycles. The van der Waals surface area contributed by atoms with Crippen LogP contribution in [0.2, 0.25) is 0 Å². The molecule has 4 rings (SSSR count). The van der Waals surface area contributed by atoms with Gasteiger partial charge in [0.25, 0.3) is 11.2 Å². The number of hydrogen-bond acceptors (Lipinski definition) is 7. The van der Waals surface area contributed by atoms with Gasteiger partial charge >= 0.3 is 5.97 Å². The molecular weight excluding hydrogens is 454 g/mol. The van der Waals surface area contributed by atoms with E-state index in [9.17, 15) is 19.7 Å². The molecule has 1 aliphatic heterocycles. The Kier molecular flexibility index (Phi) is 6.65. The Bertz CT molecular complexity index is 1500. The normalized spacial score (nSPS) is 15.8. The number of nitro groups is 1. The Labute approximate surface area is 198 Å². The fraction of sp³-hybridized carbons (Fsp3) is 0.160. The van der Waals surface area contributed by atoms with Gasteiger partial charge in [-0.15, -0.1) is 0 Å². The molecule has 1 aliphatic rings. The molecule has 0 radical (unpaired) electrons. The average molecular weight is 476 g/mol. The zero-order valence-electron chi connectivity index (χ0n) is 18.5. The molecule has 0 saturated heterocycles. The van der Waals surface area contributed by atoms with Gasteiger partial charge in [0, 0.05) is 12.1 Å². The Balaban J connectivity index is 1.87. The van der Waals surface area contributed by atoms with E-state index in [1.807, 2.05) is 36.4 Å². The van der Waals surface area contributed by atoms with Crippen LogP contribution in [0.1, 0.15) is 31.0 Å². The maximum Gasteiger partial charge on any atom is 0.338 e. The van der Waals surface area contributed by atoms with Crippen molar-refractivity contribution >= 4 is 35.1 Å². The summed E-state index contributed by atoms with van der Waals surface area (Å²) < 4.78 is 7.07. The Morgan fingerprint density at radius 2 is 1.94 bits per heavy atom. The lowest BCUT2D eigenvalue weighted by atomic mass is 10.0. The largest absolute Gasteiger partial charge is 0.463 e. The third-order valence-corrected chi connectivity index (χ3v) is 6.19. The summed E-state index contributed by atoms with van der Waals surface area (Å²) in [6.07, 6.45) is 5.23. The molecule has 0 N–H and O–H groups in total. The molecular formula is C25H21N3O5S. The second-order valence-corrected chi connectivity index (χ2v) is 8.48. The number of hydrogen-bond donors (Lipinski definition) is 0. The van der Waals surface area contributed by atoms with E-state index in [0.29, 0.717) is 26.2 Å². The van der Waals surface area contributed by atoms with Crippen molar-refractivity contribution < 1.29 is 14.5 Å². The summed E-state index contributed by atoms with van der Waals surface area (Å²) in [7, 11) is 0. The van der Waals surface area contributed by atoms with E-state index in [-0.39, 0.29) is 17.9 Å². The van der Waals surface area contributed by atoms with Crippen molar-refractivity contribution in [3.8, 4) is 0 Å². The number of benzene rings is 2. The predicted octanol–water partition coefficient (Wildman–Crippen LogP) is 3.37. The van der Waals surface area contributed by atoms with E-state index in [0.717, 1.165) is 5.56 Å². The summed E-state index contributed by atoms with van der Waals surface area (Å²) in [5.74, 6) is -0.528. The Morgan fingerprint density at radius 1 is 1.21 bits per heavy atom. The van der Waals surface area contributed by atoms with E-state index >= 15 is 0 Å². The van der Waals surface area contributed by atoms with E-state index in [2.05, 4.69) is 4.99 Å². The van der Waals surface area contributed by atoms with Crippen molar-refractivity contribution in [3.63, 3.8) is 0 Å². The van der Waals surface area contributed by atoms with Crippen LogP contribution in [0.25, 0.3) is 12.2 Å². The smallest absolute Gasteiger partial charge is 0.338 e. The van der Waals surface area contributed by atoms with Gasteiger partial charge < -0.3 is 4.74 Å². The van der Waals surface area contributed by atoms with Crippen LogP contribution in [-0.4, -0.2) is 22.1 Å². The van der Waals surface area contributed by atoms with Crippen molar-refractivity contribution in [2.75, 3.05) is 6.61 Å². The Hall–Kier alpha value is -4.11. The SMILES string of the molecule is CCOC(=O)C1=C(C)N=c2s/c(=C\c3cccc([N+](=O)[O-])c3)c(=O)n2[C@H]1/C=C/c1ccccc1. The molecule has 2 heterocycles. The minimum absolute atomic E-state index is 0.0642. The van der Waals surface area contributed by atoms with Crippen LogP contribution >= 0.6 is 11.3 Å². The number of thiazole rings is 1. The molecule has 1 atom stereocenters. The maximum absolute atomic E-state index is 13.4. The van der Waals surface area contributed by atoms with Crippen molar-refractivity contribution in [1.82, 2.24) is 4.57 Å². The summed E-state index contributed by atoms with van der Waals surface area (Å²) >= 11 is 1.17. The van der Waals surface area contributed by atoms with Gasteiger partial charge in [-0.05, 0) is 31.1 Å². The first-order valence-electron chi connectivity index (χ1n) is 10.6. The highest BCUT2D eigenvalue weighted by molar-refractivity contribution is 7.07. The molecule has 0 fully saturated rings. The van der Waals surface area contributed by atoms with Crippen LogP contribution in [0.3, 0.4) is 0 Å². The number of non-ortho nitro benzene ring substituents is 1. The molecule has 34 heavy (non-hydrogen) atoms. The number of nitrogens with zero attached hydrogens (tertiary/aromatic N) is 3. The van der Waals surface area contributed by atoms with Gasteiger partial charge in [0.05, 0.1) is 33.4 Å². The Morgan fingerprint density at radius 3 is 2.65 bits per heavy atom. The topological polar surface area (TPSA) is 104 Å². The number of allylic oxidation sites excluding steroid dienone is 2. The summed E-state index contributed by atoms with van der Waals surface area (Å²) in [6, 6.07) is 14.9. The van der Waals surface area contributed by atoms with E-state index in [1.165, 1.54) is 28.0 Å². The summed E-state index contributed by atoms with van der Waals surface area (Å²) in [6.45, 7) is 3.63. The van der Waals surface area contributed by atoms with Crippen LogP contribution in [0, 0.1) is 10.1 Å². The second-order valence-electron chi connectivity index (χ2n) is 7.47. The number of fused-ring (bicyclic) bond motifs is 1. The second kappa shape index (κ2) is 9.80. The van der Waals surface area contributed by atoms with Gasteiger partial charge in [0.2, 0.25) is 0 Å². The fourth-order valence-electron chi connectivity index (χ4n) is 3.66. The number of carbonyl (C=O) groups excluding carboxylic acids is 1. The van der Waals surface area contributed by atoms with Crippen LogP contribution in [-0.2, 0) is 9.53 Å². The molecule has 0 spiro atoms. The van der Waals surface area contributed by atoms with Crippen molar-refractivity contribution in [3.05, 3.63) is 113 Å². The highest BCUT2D eigenvalue weighted by Gasteiger charge is 2.30. The number of rotatable bonds is 6. The van der Waals surface area contributed by atoms with Gasteiger partial charge in [-0.25, -0.2) is 9.79 Å². The molecule has 0 bridgehead atoms. The molecule has 8 nitrogen and oxygen atoms in total. The minimum atomic E-state index is -0.706. The van der Waals surface area contributed by atoms with Gasteiger partial charge in [-0.1, -0.05) is 66.0 Å². The zero-order chi connectivity index (χ0) is 24.2. The average Bonchev–Trinajstić information content (AvgIpc) is 3.12. The number of carbonyl (C=O) groups is 1. The van der Waals surface area contributed by atoms with E-state index in [1.54, 1.807) is 38.1 Å². The first-order chi connectivity index (χ1) is 16.4. The van der Waals surface area contributed by atoms with Gasteiger partial charge in [-0.2, -0.15) is 0 Å². The van der Waals surface area contributed by atoms with Crippen LogP contribution < -0.4 is 14.9 Å². The predicted molar refractivity (Wildman–Crippen MR) is 130 cm³/mol. The third kappa shape index (κ3) is 4.65. The number of esters is 1. The maximum atomic E-state index is 13.4. The van der Waals surface area contributed by atoms with Gasteiger partial charge in [0.15, 0.2) is 4.80 Å². The van der Waals surface area contributed by atoms with Crippen LogP contribution in [0.4, 0.5) is 5.69 Å². The van der Waals surface area contributed by atoms with Gasteiger partial charge in [0.1, 0.15) is 0 Å². The zero-order valence-corrected chi connectivity index (χ0v) is 19.3. The number of ether oxygens (including phenoxy) is 1. The summed E-state index contributed by atoms with van der Waals surface area (Å²) in [5, 5.41) is 11.1. The molecule has 0 aliphatic carbocycles. The molecule has 3 aromatic rings. The molecule has 0 saturated carbocycles. The number of aromatic nitrogens is 1. The summed E-state index contributed by atoms with van der Waals surface area (Å²) in [4.78, 5) is 41.8. The fourth-order valence-corrected chi connectivity index (χ4v) is 4.72. The molecule has 0 unspecified atom stereocenters. The van der Waals surface area contributed by atoms with Crippen molar-refractivity contribution in [2.45, 2.75) is 19.9 Å². The molecule has 9 heteroatoms. The third-order valence-electron chi connectivity index (χ3n) is 5.21. The molecule has 172 valence electrons. The lowest BCUT2D eigenvalue weighted by Crippen LogP contribution is -2.38. The van der Waals surface area contributed by atoms with Crippen molar-refractivity contribution in [1.29, 1.82) is 0 Å². The van der Waals surface area contributed by atoms with Crippen LogP contribution in [0.5, 0.6) is 0 Å².